The topological polar surface area (TPSA) is 105 Å². The average Bonchev–Trinajstić information content (AvgIpc) is 3.08. The molecular formula is C15H26N4O4S2. The van der Waals surface area contributed by atoms with Crippen molar-refractivity contribution in [3.8, 4) is 0 Å². The number of nitrogens with zero attached hydrogens (tertiary/aromatic N) is 3. The maximum absolute atomic E-state index is 12.8. The van der Waals surface area contributed by atoms with Gasteiger partial charge >= 0.3 is 5.69 Å². The van der Waals surface area contributed by atoms with Crippen LogP contribution in [-0.4, -0.2) is 63.3 Å². The van der Waals surface area contributed by atoms with Crippen molar-refractivity contribution in [1.82, 2.24) is 19.7 Å². The zero-order valence-corrected chi connectivity index (χ0v) is 16.5. The largest absolute Gasteiger partial charge is 0.343 e. The van der Waals surface area contributed by atoms with E-state index in [0.717, 1.165) is 12.8 Å². The molecule has 2 rings (SSSR count). The molecule has 25 heavy (non-hydrogen) atoms. The Hall–Kier alpha value is -1.29. The summed E-state index contributed by atoms with van der Waals surface area (Å²) in [6.07, 6.45) is 2.30. The van der Waals surface area contributed by atoms with Crippen LogP contribution in [0.25, 0.3) is 0 Å². The van der Waals surface area contributed by atoms with E-state index in [2.05, 4.69) is 10.2 Å². The third-order valence-electron chi connectivity index (χ3n) is 4.36. The van der Waals surface area contributed by atoms with E-state index in [1.165, 1.54) is 11.8 Å². The highest BCUT2D eigenvalue weighted by molar-refractivity contribution is 8.00. The minimum atomic E-state index is -3.05. The smallest absolute Gasteiger partial charge is 0.338 e. The molecule has 8 nitrogen and oxygen atoms in total. The van der Waals surface area contributed by atoms with Crippen molar-refractivity contribution in [2.24, 2.45) is 0 Å². The maximum atomic E-state index is 12.8. The minimum absolute atomic E-state index is 0.0353. The van der Waals surface area contributed by atoms with Crippen LogP contribution in [0.2, 0.25) is 0 Å². The summed E-state index contributed by atoms with van der Waals surface area (Å²) in [6, 6.07) is -0.257. The van der Waals surface area contributed by atoms with Crippen LogP contribution in [0.4, 0.5) is 0 Å². The lowest BCUT2D eigenvalue weighted by atomic mass is 10.2. The molecule has 1 aliphatic rings. The van der Waals surface area contributed by atoms with Crippen molar-refractivity contribution in [3.63, 3.8) is 0 Å². The molecule has 0 aromatic carbocycles. The van der Waals surface area contributed by atoms with Crippen LogP contribution in [-0.2, 0) is 21.2 Å². The third-order valence-corrected chi connectivity index (χ3v) is 7.19. The highest BCUT2D eigenvalue weighted by Gasteiger charge is 2.35. The molecular weight excluding hydrogens is 364 g/mol. The standard InChI is InChI=1S/C15H26N4O4S2/c1-4-6-8-19-14(21)16-17-15(19)24-11(3)13(20)18(5-2)12-7-9-25(22,23)10-12/h11-12H,4-10H2,1-3H3,(H,16,21)/t11-,12-/m1/s1. The second-order valence-electron chi connectivity index (χ2n) is 6.26. The molecule has 1 aromatic rings. The molecule has 0 saturated carbocycles. The first kappa shape index (κ1) is 20.0. The molecule has 2 atom stereocenters. The molecule has 1 N–H and O–H groups in total. The van der Waals surface area contributed by atoms with Gasteiger partial charge in [0.05, 0.1) is 16.8 Å². The SMILES string of the molecule is CCCCn1c(S[C@H](C)C(=O)N(CC)[C@@H]2CCS(=O)(=O)C2)n[nH]c1=O. The van der Waals surface area contributed by atoms with Gasteiger partial charge in [0.25, 0.3) is 0 Å². The van der Waals surface area contributed by atoms with E-state index in [4.69, 9.17) is 0 Å². The molecule has 1 amide bonds. The Morgan fingerprint density at radius 1 is 1.48 bits per heavy atom. The summed E-state index contributed by atoms with van der Waals surface area (Å²) in [6.45, 7) is 6.69. The predicted octanol–water partition coefficient (Wildman–Crippen LogP) is 0.888. The summed E-state index contributed by atoms with van der Waals surface area (Å²) < 4.78 is 24.9. The maximum Gasteiger partial charge on any atom is 0.343 e. The number of hydrogen-bond acceptors (Lipinski definition) is 6. The van der Waals surface area contributed by atoms with E-state index in [1.54, 1.807) is 16.4 Å². The number of rotatable bonds is 8. The first-order valence-corrected chi connectivity index (χ1v) is 11.3. The Morgan fingerprint density at radius 2 is 2.20 bits per heavy atom. The van der Waals surface area contributed by atoms with Gasteiger partial charge in [0.1, 0.15) is 0 Å². The number of carbonyl (C=O) groups excluding carboxylic acids is 1. The van der Waals surface area contributed by atoms with Crippen LogP contribution in [0.5, 0.6) is 0 Å². The van der Waals surface area contributed by atoms with Crippen molar-refractivity contribution < 1.29 is 13.2 Å². The fourth-order valence-corrected chi connectivity index (χ4v) is 5.65. The van der Waals surface area contributed by atoms with Crippen molar-refractivity contribution in [1.29, 1.82) is 0 Å². The summed E-state index contributed by atoms with van der Waals surface area (Å²) in [5.74, 6) is 0.0547. The van der Waals surface area contributed by atoms with Gasteiger partial charge in [-0.2, -0.15) is 0 Å². The monoisotopic (exact) mass is 390 g/mol. The molecule has 0 unspecified atom stereocenters. The third kappa shape index (κ3) is 4.87. The van der Waals surface area contributed by atoms with Crippen LogP contribution in [0, 0.1) is 0 Å². The van der Waals surface area contributed by atoms with Gasteiger partial charge in [0, 0.05) is 19.1 Å². The predicted molar refractivity (Wildman–Crippen MR) is 97.5 cm³/mol. The number of unbranched alkanes of at least 4 members (excludes halogenated alkanes) is 1. The Kier molecular flexibility index (Phi) is 6.72. The second-order valence-corrected chi connectivity index (χ2v) is 9.79. The van der Waals surface area contributed by atoms with Gasteiger partial charge in [-0.25, -0.2) is 18.3 Å². The van der Waals surface area contributed by atoms with Gasteiger partial charge in [-0.1, -0.05) is 25.1 Å². The van der Waals surface area contributed by atoms with Crippen molar-refractivity contribution >= 4 is 27.5 Å². The fraction of sp³-hybridized carbons (Fsp3) is 0.800. The first-order valence-electron chi connectivity index (χ1n) is 8.61. The Labute approximate surface area is 152 Å². The molecule has 1 aromatic heterocycles. The molecule has 1 saturated heterocycles. The zero-order valence-electron chi connectivity index (χ0n) is 14.9. The van der Waals surface area contributed by atoms with E-state index in [-0.39, 0.29) is 29.1 Å². The number of H-pyrrole nitrogens is 1. The van der Waals surface area contributed by atoms with Crippen LogP contribution >= 0.6 is 11.8 Å². The second kappa shape index (κ2) is 8.39. The van der Waals surface area contributed by atoms with Gasteiger partial charge < -0.3 is 4.90 Å². The number of aromatic amines is 1. The highest BCUT2D eigenvalue weighted by atomic mass is 32.2. The van der Waals surface area contributed by atoms with Crippen molar-refractivity contribution in [2.45, 2.75) is 63.0 Å². The Morgan fingerprint density at radius 3 is 2.76 bits per heavy atom. The Balaban J connectivity index is 2.08. The lowest BCUT2D eigenvalue weighted by Gasteiger charge is -2.29. The summed E-state index contributed by atoms with van der Waals surface area (Å²) in [7, 11) is -3.05. The van der Waals surface area contributed by atoms with Crippen LogP contribution in [0.1, 0.15) is 40.0 Å². The van der Waals surface area contributed by atoms with Crippen LogP contribution in [0.15, 0.2) is 9.95 Å². The summed E-state index contributed by atoms with van der Waals surface area (Å²) in [4.78, 5) is 26.3. The zero-order chi connectivity index (χ0) is 18.6. The first-order chi connectivity index (χ1) is 11.8. The summed E-state index contributed by atoms with van der Waals surface area (Å²) >= 11 is 1.23. The van der Waals surface area contributed by atoms with Crippen LogP contribution < -0.4 is 5.69 Å². The molecule has 0 spiro atoms. The van der Waals surface area contributed by atoms with Crippen LogP contribution in [0.3, 0.4) is 0 Å². The van der Waals surface area contributed by atoms with E-state index in [1.807, 2.05) is 13.8 Å². The normalized spacial score (nSPS) is 20.5. The molecule has 0 radical (unpaired) electrons. The van der Waals surface area contributed by atoms with Crippen molar-refractivity contribution in [3.05, 3.63) is 10.5 Å². The number of nitrogens with one attached hydrogen (secondary N) is 1. The van der Waals surface area contributed by atoms with E-state index >= 15 is 0 Å². The lowest BCUT2D eigenvalue weighted by molar-refractivity contribution is -0.131. The van der Waals surface area contributed by atoms with E-state index in [0.29, 0.717) is 24.7 Å². The number of thioether (sulfide) groups is 1. The molecule has 0 aliphatic carbocycles. The fourth-order valence-electron chi connectivity index (χ4n) is 2.96. The Bertz CT molecular complexity index is 756. The number of amides is 1. The molecule has 0 bridgehead atoms. The number of hydrogen-bond donors (Lipinski definition) is 1. The van der Waals surface area contributed by atoms with E-state index in [9.17, 15) is 18.0 Å². The summed E-state index contributed by atoms with van der Waals surface area (Å²) in [5, 5.41) is 6.50. The van der Waals surface area contributed by atoms with E-state index < -0.39 is 15.1 Å². The number of carbonyl (C=O) groups is 1. The van der Waals surface area contributed by atoms with Gasteiger partial charge in [0.2, 0.25) is 5.91 Å². The minimum Gasteiger partial charge on any atom is -0.338 e. The molecule has 1 fully saturated rings. The van der Waals surface area contributed by atoms with Gasteiger partial charge in [-0.05, 0) is 26.7 Å². The molecule has 10 heteroatoms. The number of sulfone groups is 1. The highest BCUT2D eigenvalue weighted by Crippen LogP contribution is 2.25. The quantitative estimate of drug-likeness (QED) is 0.661. The number of aromatic nitrogens is 3. The molecule has 142 valence electrons. The summed E-state index contributed by atoms with van der Waals surface area (Å²) in [5.41, 5.74) is -0.273. The van der Waals surface area contributed by atoms with Gasteiger partial charge in [-0.3, -0.25) is 9.36 Å². The lowest BCUT2D eigenvalue weighted by Crippen LogP contribution is -2.44. The molecule has 1 aliphatic heterocycles. The molecule has 2 heterocycles. The van der Waals surface area contributed by atoms with Crippen molar-refractivity contribution in [2.75, 3.05) is 18.1 Å². The van der Waals surface area contributed by atoms with Gasteiger partial charge in [0.15, 0.2) is 15.0 Å². The van der Waals surface area contributed by atoms with Gasteiger partial charge in [-0.15, -0.1) is 5.10 Å². The average molecular weight is 391 g/mol.